The third kappa shape index (κ3) is 3.04. The molecule has 0 aliphatic carbocycles. The number of aromatic nitrogens is 2. The Morgan fingerprint density at radius 2 is 1.77 bits per heavy atom. The molecule has 1 aliphatic rings. The number of morpholine rings is 1. The average Bonchev–Trinajstić information content (AvgIpc) is 2.69. The summed E-state index contributed by atoms with van der Waals surface area (Å²) in [4.78, 5) is 29.9. The summed E-state index contributed by atoms with van der Waals surface area (Å²) in [7, 11) is 1.51. The summed E-state index contributed by atoms with van der Waals surface area (Å²) in [6.07, 6.45) is 0.473. The molecule has 6 heteroatoms. The second-order valence-corrected chi connectivity index (χ2v) is 6.58. The fourth-order valence-corrected chi connectivity index (χ4v) is 3.43. The predicted octanol–water partition coefficient (Wildman–Crippen LogP) is 1.65. The van der Waals surface area contributed by atoms with Crippen LogP contribution >= 0.6 is 0 Å². The van der Waals surface area contributed by atoms with Crippen molar-refractivity contribution in [2.75, 3.05) is 31.2 Å². The largest absolute Gasteiger partial charge is 0.378 e. The van der Waals surface area contributed by atoms with Gasteiger partial charge in [0.1, 0.15) is 5.82 Å². The number of benzene rings is 2. The zero-order valence-corrected chi connectivity index (χ0v) is 14.7. The summed E-state index contributed by atoms with van der Waals surface area (Å²) in [6.45, 7) is 2.50. The van der Waals surface area contributed by atoms with Gasteiger partial charge in [0.05, 0.1) is 18.8 Å². The van der Waals surface area contributed by atoms with E-state index in [2.05, 4.69) is 29.2 Å². The highest BCUT2D eigenvalue weighted by atomic mass is 16.5. The van der Waals surface area contributed by atoms with Crippen molar-refractivity contribution in [3.63, 3.8) is 0 Å². The van der Waals surface area contributed by atoms with Crippen molar-refractivity contribution in [3.8, 4) is 0 Å². The number of anilines is 1. The van der Waals surface area contributed by atoms with E-state index >= 15 is 0 Å². The highest BCUT2D eigenvalue weighted by Crippen LogP contribution is 2.21. The van der Waals surface area contributed by atoms with E-state index < -0.39 is 5.69 Å². The lowest BCUT2D eigenvalue weighted by atomic mass is 10.0. The van der Waals surface area contributed by atoms with Crippen LogP contribution in [0.5, 0.6) is 0 Å². The topological polar surface area (TPSA) is 67.3 Å². The molecule has 1 saturated heterocycles. The summed E-state index contributed by atoms with van der Waals surface area (Å²) in [5, 5.41) is 2.30. The van der Waals surface area contributed by atoms with E-state index in [9.17, 15) is 9.59 Å². The lowest BCUT2D eigenvalue weighted by Gasteiger charge is -2.29. The van der Waals surface area contributed by atoms with Crippen LogP contribution in [0.2, 0.25) is 0 Å². The molecule has 0 atom stereocenters. The van der Waals surface area contributed by atoms with Crippen LogP contribution in [0.15, 0.2) is 52.1 Å². The second kappa shape index (κ2) is 6.80. The molecule has 1 N–H and O–H groups in total. The number of H-pyrrole nitrogens is 1. The van der Waals surface area contributed by atoms with Gasteiger partial charge in [-0.25, -0.2) is 4.79 Å². The van der Waals surface area contributed by atoms with Gasteiger partial charge in [0.25, 0.3) is 5.56 Å². The first kappa shape index (κ1) is 16.6. The van der Waals surface area contributed by atoms with Crippen molar-refractivity contribution in [2.24, 2.45) is 7.05 Å². The number of hydrogen-bond donors (Lipinski definition) is 1. The van der Waals surface area contributed by atoms with Gasteiger partial charge in [-0.3, -0.25) is 14.3 Å². The molecule has 4 rings (SSSR count). The number of nitrogens with one attached hydrogen (secondary N) is 1. The molecule has 0 amide bonds. The number of rotatable bonds is 3. The van der Waals surface area contributed by atoms with E-state index in [1.165, 1.54) is 12.4 Å². The second-order valence-electron chi connectivity index (χ2n) is 6.58. The van der Waals surface area contributed by atoms with E-state index in [1.54, 1.807) is 0 Å². The maximum Gasteiger partial charge on any atom is 0.329 e. The molecule has 3 aromatic rings. The molecule has 2 aromatic carbocycles. The molecule has 0 spiro atoms. The van der Waals surface area contributed by atoms with E-state index in [0.29, 0.717) is 44.1 Å². The summed E-state index contributed by atoms with van der Waals surface area (Å²) in [6, 6.07) is 14.3. The van der Waals surface area contributed by atoms with Crippen molar-refractivity contribution in [1.82, 2.24) is 9.55 Å². The maximum atomic E-state index is 12.8. The molecular formula is C20H21N3O3. The monoisotopic (exact) mass is 351 g/mol. The van der Waals surface area contributed by atoms with Crippen LogP contribution in [-0.2, 0) is 18.2 Å². The Morgan fingerprint density at radius 1 is 1.04 bits per heavy atom. The van der Waals surface area contributed by atoms with Gasteiger partial charge >= 0.3 is 5.69 Å². The van der Waals surface area contributed by atoms with Crippen LogP contribution in [0.1, 0.15) is 11.1 Å². The Labute approximate surface area is 150 Å². The van der Waals surface area contributed by atoms with Crippen molar-refractivity contribution in [2.45, 2.75) is 6.42 Å². The zero-order valence-electron chi connectivity index (χ0n) is 14.7. The molecule has 6 nitrogen and oxygen atoms in total. The highest BCUT2D eigenvalue weighted by Gasteiger charge is 2.20. The van der Waals surface area contributed by atoms with Crippen LogP contribution in [0.25, 0.3) is 10.8 Å². The molecule has 1 aliphatic heterocycles. The Bertz CT molecular complexity index is 1060. The number of aromatic amines is 1. The fraction of sp³-hybridized carbons (Fsp3) is 0.300. The third-order valence-electron chi connectivity index (χ3n) is 4.90. The molecule has 0 radical (unpaired) electrons. The minimum Gasteiger partial charge on any atom is -0.378 e. The average molecular weight is 351 g/mol. The first-order chi connectivity index (χ1) is 12.6. The predicted molar refractivity (Wildman–Crippen MR) is 102 cm³/mol. The molecule has 0 bridgehead atoms. The SMILES string of the molecule is Cn1c(=O)[nH]c(N2CCOCC2)c(Cc2ccc3ccccc3c2)c1=O. The van der Waals surface area contributed by atoms with Gasteiger partial charge in [-0.15, -0.1) is 0 Å². The van der Waals surface area contributed by atoms with Crippen LogP contribution < -0.4 is 16.1 Å². The third-order valence-corrected chi connectivity index (χ3v) is 4.90. The minimum atomic E-state index is -0.390. The Morgan fingerprint density at radius 3 is 2.54 bits per heavy atom. The van der Waals surface area contributed by atoms with Gasteiger partial charge in [0.15, 0.2) is 0 Å². The standard InChI is InChI=1S/C20H21N3O3/c1-22-19(24)17(18(21-20(22)25)23-8-10-26-11-9-23)13-14-6-7-15-4-2-3-5-16(15)12-14/h2-7,12H,8-11,13H2,1H3,(H,21,25). The summed E-state index contributed by atoms with van der Waals surface area (Å²) in [5.74, 6) is 0.620. The minimum absolute atomic E-state index is 0.247. The van der Waals surface area contributed by atoms with Crippen LogP contribution in [0.3, 0.4) is 0 Å². The molecule has 0 unspecified atom stereocenters. The van der Waals surface area contributed by atoms with E-state index in [4.69, 9.17) is 4.74 Å². The molecule has 0 saturated carbocycles. The van der Waals surface area contributed by atoms with Crippen LogP contribution in [-0.4, -0.2) is 35.9 Å². The first-order valence-corrected chi connectivity index (χ1v) is 8.76. The Balaban J connectivity index is 1.79. The number of hydrogen-bond acceptors (Lipinski definition) is 4. The van der Waals surface area contributed by atoms with Gasteiger partial charge < -0.3 is 9.64 Å². The van der Waals surface area contributed by atoms with E-state index in [0.717, 1.165) is 15.5 Å². The van der Waals surface area contributed by atoms with Crippen molar-refractivity contribution in [1.29, 1.82) is 0 Å². The normalized spacial score (nSPS) is 14.7. The zero-order chi connectivity index (χ0) is 18.1. The van der Waals surface area contributed by atoms with Crippen molar-refractivity contribution in [3.05, 3.63) is 74.4 Å². The smallest absolute Gasteiger partial charge is 0.329 e. The summed E-state index contributed by atoms with van der Waals surface area (Å²) >= 11 is 0. The Kier molecular flexibility index (Phi) is 4.34. The lowest BCUT2D eigenvalue weighted by Crippen LogP contribution is -2.43. The number of fused-ring (bicyclic) bond motifs is 1. The van der Waals surface area contributed by atoms with Gasteiger partial charge in [-0.05, 0) is 16.3 Å². The molecular weight excluding hydrogens is 330 g/mol. The van der Waals surface area contributed by atoms with Gasteiger partial charge in [0.2, 0.25) is 0 Å². The van der Waals surface area contributed by atoms with Crippen LogP contribution in [0, 0.1) is 0 Å². The van der Waals surface area contributed by atoms with Crippen molar-refractivity contribution >= 4 is 16.6 Å². The molecule has 1 aromatic heterocycles. The fourth-order valence-electron chi connectivity index (χ4n) is 3.43. The first-order valence-electron chi connectivity index (χ1n) is 8.76. The summed E-state index contributed by atoms with van der Waals surface area (Å²) in [5.41, 5.74) is 1.02. The van der Waals surface area contributed by atoms with E-state index in [1.807, 2.05) is 23.1 Å². The number of nitrogens with zero attached hydrogens (tertiary/aromatic N) is 2. The number of ether oxygens (including phenoxy) is 1. The molecule has 1 fully saturated rings. The lowest BCUT2D eigenvalue weighted by molar-refractivity contribution is 0.122. The summed E-state index contributed by atoms with van der Waals surface area (Å²) < 4.78 is 6.53. The van der Waals surface area contributed by atoms with Crippen molar-refractivity contribution < 1.29 is 4.74 Å². The highest BCUT2D eigenvalue weighted by molar-refractivity contribution is 5.83. The molecule has 134 valence electrons. The van der Waals surface area contributed by atoms with Gasteiger partial charge in [-0.2, -0.15) is 0 Å². The maximum absolute atomic E-state index is 12.8. The molecule has 2 heterocycles. The van der Waals surface area contributed by atoms with E-state index in [-0.39, 0.29) is 5.56 Å². The Hall–Kier alpha value is -2.86. The van der Waals surface area contributed by atoms with Gasteiger partial charge in [-0.1, -0.05) is 42.5 Å². The quantitative estimate of drug-likeness (QED) is 0.779. The molecule has 26 heavy (non-hydrogen) atoms. The van der Waals surface area contributed by atoms with Crippen LogP contribution in [0.4, 0.5) is 5.82 Å². The van der Waals surface area contributed by atoms with Gasteiger partial charge in [0, 0.05) is 26.6 Å².